The minimum Gasteiger partial charge on any atom is -0.508 e. The number of carboxylic acids is 2. The van der Waals surface area contributed by atoms with Crippen LogP contribution in [0.3, 0.4) is 0 Å². The molecule has 30 heavy (non-hydrogen) atoms. The second-order valence-corrected chi connectivity index (χ2v) is 6.54. The predicted molar refractivity (Wildman–Crippen MR) is 102 cm³/mol. The van der Waals surface area contributed by atoms with Crippen LogP contribution < -0.4 is 22.1 Å². The minimum atomic E-state index is -1.49. The Balaban J connectivity index is 2.85. The smallest absolute Gasteiger partial charge is 0.326 e. The number of aliphatic carboxylic acids is 2. The highest BCUT2D eigenvalue weighted by atomic mass is 16.4. The summed E-state index contributed by atoms with van der Waals surface area (Å²) >= 11 is 0. The summed E-state index contributed by atoms with van der Waals surface area (Å²) in [6, 6.07) is 1.51. The van der Waals surface area contributed by atoms with Gasteiger partial charge in [0.15, 0.2) is 0 Å². The number of primary amides is 1. The van der Waals surface area contributed by atoms with Gasteiger partial charge in [-0.1, -0.05) is 12.1 Å². The summed E-state index contributed by atoms with van der Waals surface area (Å²) in [6.07, 6.45) is -1.33. The lowest BCUT2D eigenvalue weighted by Crippen LogP contribution is -2.55. The molecule has 0 fully saturated rings. The predicted octanol–water partition coefficient (Wildman–Crippen LogP) is -1.94. The van der Waals surface area contributed by atoms with E-state index in [4.69, 9.17) is 16.6 Å². The molecule has 0 aliphatic carbocycles. The Bertz CT molecular complexity index is 796. The molecule has 0 bridgehead atoms. The van der Waals surface area contributed by atoms with E-state index in [0.717, 1.165) is 0 Å². The first-order chi connectivity index (χ1) is 14.0. The Morgan fingerprint density at radius 2 is 1.50 bits per heavy atom. The first kappa shape index (κ1) is 24.4. The number of phenolic OH excluding ortho intramolecular Hbond substituents is 1. The zero-order chi connectivity index (χ0) is 22.8. The lowest BCUT2D eigenvalue weighted by molar-refractivity contribution is -0.142. The average molecular weight is 424 g/mol. The van der Waals surface area contributed by atoms with Crippen molar-refractivity contribution < 1.29 is 39.3 Å². The molecule has 0 saturated heterocycles. The second kappa shape index (κ2) is 11.4. The normalized spacial score (nSPS) is 13.5. The van der Waals surface area contributed by atoms with Crippen LogP contribution in [0.5, 0.6) is 5.75 Å². The van der Waals surface area contributed by atoms with Gasteiger partial charge in [-0.05, 0) is 24.1 Å². The quantitative estimate of drug-likeness (QED) is 0.198. The van der Waals surface area contributed by atoms with E-state index in [9.17, 15) is 34.2 Å². The number of carbonyl (C=O) groups excluding carboxylic acids is 3. The van der Waals surface area contributed by atoms with Crippen molar-refractivity contribution in [3.05, 3.63) is 29.8 Å². The molecule has 12 nitrogen and oxygen atoms in total. The van der Waals surface area contributed by atoms with Crippen LogP contribution in [-0.2, 0) is 30.4 Å². The molecule has 0 saturated carbocycles. The van der Waals surface area contributed by atoms with E-state index in [1.807, 2.05) is 0 Å². The van der Waals surface area contributed by atoms with Gasteiger partial charge >= 0.3 is 11.9 Å². The number of hydrogen-bond acceptors (Lipinski definition) is 7. The van der Waals surface area contributed by atoms with E-state index in [0.29, 0.717) is 5.56 Å². The zero-order valence-electron chi connectivity index (χ0n) is 15.9. The topological polar surface area (TPSA) is 222 Å². The number of phenols is 1. The van der Waals surface area contributed by atoms with Gasteiger partial charge < -0.3 is 37.4 Å². The lowest BCUT2D eigenvalue weighted by atomic mass is 10.0. The van der Waals surface area contributed by atoms with Crippen LogP contribution in [0.1, 0.15) is 24.8 Å². The molecule has 0 radical (unpaired) electrons. The second-order valence-electron chi connectivity index (χ2n) is 6.54. The highest BCUT2D eigenvalue weighted by Gasteiger charge is 2.29. The Morgan fingerprint density at radius 3 is 2.00 bits per heavy atom. The van der Waals surface area contributed by atoms with Crippen molar-refractivity contribution in [3.63, 3.8) is 0 Å². The SMILES string of the molecule is NC(=O)C[C@H](NC(=O)[C@@H](N)CCC(=O)O)C(=O)N[C@@H](Cc1ccc(O)cc1)C(=O)O. The van der Waals surface area contributed by atoms with Crippen LogP contribution in [0.15, 0.2) is 24.3 Å². The summed E-state index contributed by atoms with van der Waals surface area (Å²) in [7, 11) is 0. The maximum atomic E-state index is 12.5. The van der Waals surface area contributed by atoms with Crippen LogP contribution in [0, 0.1) is 0 Å². The van der Waals surface area contributed by atoms with E-state index < -0.39 is 54.2 Å². The third-order valence-electron chi connectivity index (χ3n) is 4.04. The van der Waals surface area contributed by atoms with E-state index in [-0.39, 0.29) is 25.0 Å². The van der Waals surface area contributed by atoms with Crippen molar-refractivity contribution in [2.45, 2.75) is 43.8 Å². The Morgan fingerprint density at radius 1 is 0.933 bits per heavy atom. The van der Waals surface area contributed by atoms with Crippen molar-refractivity contribution in [2.24, 2.45) is 11.5 Å². The summed E-state index contributed by atoms with van der Waals surface area (Å²) in [6.45, 7) is 0. The zero-order valence-corrected chi connectivity index (χ0v) is 15.9. The number of nitrogens with one attached hydrogen (secondary N) is 2. The maximum Gasteiger partial charge on any atom is 0.326 e. The third kappa shape index (κ3) is 8.56. The number of amides is 3. The fraction of sp³-hybridized carbons (Fsp3) is 0.389. The Kier molecular flexibility index (Phi) is 9.23. The van der Waals surface area contributed by atoms with Crippen molar-refractivity contribution in [2.75, 3.05) is 0 Å². The van der Waals surface area contributed by atoms with Crippen LogP contribution in [0.25, 0.3) is 0 Å². The maximum absolute atomic E-state index is 12.5. The summed E-state index contributed by atoms with van der Waals surface area (Å²) in [5.41, 5.74) is 11.2. The van der Waals surface area contributed by atoms with E-state index in [1.54, 1.807) is 0 Å². The van der Waals surface area contributed by atoms with Crippen LogP contribution in [0.4, 0.5) is 0 Å². The molecule has 0 spiro atoms. The number of carboxylic acid groups (broad SMARTS) is 2. The van der Waals surface area contributed by atoms with Crippen molar-refractivity contribution >= 4 is 29.7 Å². The standard InChI is InChI=1S/C18H24N4O8/c19-11(5-6-15(25)26)16(27)21-12(8-14(20)24)17(28)22-13(18(29)30)7-9-1-3-10(23)4-2-9/h1-4,11-13,23H,5-8,19H2,(H2,20,24)(H,21,27)(H,22,28)(H,25,26)(H,29,30)/t11-,12-,13-/m0/s1. The number of nitrogens with two attached hydrogens (primary N) is 2. The van der Waals surface area contributed by atoms with Crippen molar-refractivity contribution in [1.29, 1.82) is 0 Å². The van der Waals surface area contributed by atoms with E-state index in [2.05, 4.69) is 10.6 Å². The highest BCUT2D eigenvalue weighted by molar-refractivity contribution is 5.94. The molecular weight excluding hydrogens is 400 g/mol. The Labute approximate surface area is 171 Å². The molecule has 1 aromatic carbocycles. The molecule has 0 aliphatic rings. The third-order valence-corrected chi connectivity index (χ3v) is 4.04. The molecule has 1 aromatic rings. The van der Waals surface area contributed by atoms with Gasteiger partial charge in [0, 0.05) is 12.8 Å². The molecule has 0 aliphatic heterocycles. The van der Waals surface area contributed by atoms with Crippen LogP contribution in [-0.4, -0.2) is 63.1 Å². The molecule has 9 N–H and O–H groups in total. The monoisotopic (exact) mass is 424 g/mol. The van der Waals surface area contributed by atoms with Crippen LogP contribution in [0.2, 0.25) is 0 Å². The lowest BCUT2D eigenvalue weighted by Gasteiger charge is -2.22. The number of hydrogen-bond donors (Lipinski definition) is 7. The molecular formula is C18H24N4O8. The number of aromatic hydroxyl groups is 1. The van der Waals surface area contributed by atoms with Gasteiger partial charge in [-0.25, -0.2) is 4.79 Å². The first-order valence-electron chi connectivity index (χ1n) is 8.86. The van der Waals surface area contributed by atoms with Gasteiger partial charge in [0.25, 0.3) is 0 Å². The van der Waals surface area contributed by atoms with Crippen molar-refractivity contribution in [3.8, 4) is 5.75 Å². The Hall–Kier alpha value is -3.67. The summed E-state index contributed by atoms with van der Waals surface area (Å²) in [5, 5.41) is 31.7. The van der Waals surface area contributed by atoms with Gasteiger partial charge in [-0.2, -0.15) is 0 Å². The largest absolute Gasteiger partial charge is 0.508 e. The molecule has 0 unspecified atom stereocenters. The molecule has 1 rings (SSSR count). The summed E-state index contributed by atoms with van der Waals surface area (Å²) in [4.78, 5) is 57.9. The van der Waals surface area contributed by atoms with Crippen LogP contribution >= 0.6 is 0 Å². The number of carbonyl (C=O) groups is 5. The molecule has 164 valence electrons. The van der Waals surface area contributed by atoms with Gasteiger partial charge in [0.1, 0.15) is 17.8 Å². The van der Waals surface area contributed by atoms with Gasteiger partial charge in [-0.15, -0.1) is 0 Å². The molecule has 0 aromatic heterocycles. The molecule has 3 atom stereocenters. The highest BCUT2D eigenvalue weighted by Crippen LogP contribution is 2.11. The fourth-order valence-electron chi connectivity index (χ4n) is 2.44. The van der Waals surface area contributed by atoms with E-state index in [1.165, 1.54) is 24.3 Å². The number of benzene rings is 1. The van der Waals surface area contributed by atoms with Gasteiger partial charge in [0.2, 0.25) is 17.7 Å². The molecule has 3 amide bonds. The summed E-state index contributed by atoms with van der Waals surface area (Å²) < 4.78 is 0. The van der Waals surface area contributed by atoms with Gasteiger partial charge in [0.05, 0.1) is 12.5 Å². The fourth-order valence-corrected chi connectivity index (χ4v) is 2.44. The number of rotatable bonds is 12. The molecule has 12 heteroatoms. The summed E-state index contributed by atoms with van der Waals surface area (Å²) in [5.74, 6) is -5.33. The van der Waals surface area contributed by atoms with Gasteiger partial charge in [-0.3, -0.25) is 19.2 Å². The van der Waals surface area contributed by atoms with E-state index >= 15 is 0 Å². The minimum absolute atomic E-state index is 0.0156. The van der Waals surface area contributed by atoms with Crippen molar-refractivity contribution in [1.82, 2.24) is 10.6 Å². The average Bonchev–Trinajstić information content (AvgIpc) is 2.65. The molecule has 0 heterocycles. The first-order valence-corrected chi connectivity index (χ1v) is 8.86.